The van der Waals surface area contributed by atoms with Crippen LogP contribution < -0.4 is 10.6 Å². The summed E-state index contributed by atoms with van der Waals surface area (Å²) in [5.41, 5.74) is 7.11. The van der Waals surface area contributed by atoms with Gasteiger partial charge < -0.3 is 15.8 Å². The molecule has 3 N–H and O–H groups in total. The molecule has 5 heteroatoms. The fourth-order valence-electron chi connectivity index (χ4n) is 2.53. The summed E-state index contributed by atoms with van der Waals surface area (Å²) in [7, 11) is 2.07. The number of amidine groups is 1. The van der Waals surface area contributed by atoms with Crippen molar-refractivity contribution in [2.45, 2.75) is 25.7 Å². The van der Waals surface area contributed by atoms with E-state index in [-0.39, 0.29) is 5.84 Å². The highest BCUT2D eigenvalue weighted by molar-refractivity contribution is 5.95. The van der Waals surface area contributed by atoms with Crippen LogP contribution in [0.4, 0.5) is 5.69 Å². The fraction of sp³-hybridized carbons (Fsp3) is 0.538. The molecule has 0 unspecified atom stereocenters. The van der Waals surface area contributed by atoms with E-state index >= 15 is 0 Å². The molecule has 98 valence electrons. The summed E-state index contributed by atoms with van der Waals surface area (Å²) in [6, 6.07) is 3.80. The summed E-state index contributed by atoms with van der Waals surface area (Å²) >= 11 is 0. The number of hydrogen-bond donors (Lipinski definition) is 2. The average Bonchev–Trinajstić information content (AvgIpc) is 2.90. The predicted molar refractivity (Wildman–Crippen MR) is 72.0 cm³/mol. The van der Waals surface area contributed by atoms with Crippen molar-refractivity contribution in [3.8, 4) is 0 Å². The second kappa shape index (κ2) is 5.71. The molecule has 1 aliphatic rings. The quantitative estimate of drug-likeness (QED) is 0.369. The highest BCUT2D eigenvalue weighted by atomic mass is 16.4. The van der Waals surface area contributed by atoms with E-state index < -0.39 is 0 Å². The zero-order valence-electron chi connectivity index (χ0n) is 10.7. The van der Waals surface area contributed by atoms with Gasteiger partial charge in [0.05, 0.1) is 0 Å². The number of nitrogens with zero attached hydrogens (tertiary/aromatic N) is 3. The smallest absolute Gasteiger partial charge is 0.188 e. The fourth-order valence-corrected chi connectivity index (χ4v) is 2.53. The Bertz CT molecular complexity index is 427. The van der Waals surface area contributed by atoms with Crippen LogP contribution in [-0.4, -0.2) is 29.6 Å². The summed E-state index contributed by atoms with van der Waals surface area (Å²) in [6.07, 6.45) is 7.04. The summed E-state index contributed by atoms with van der Waals surface area (Å²) < 4.78 is 0. The summed E-state index contributed by atoms with van der Waals surface area (Å²) in [5.74, 6) is 0.835. The van der Waals surface area contributed by atoms with Crippen LogP contribution in [0.5, 0.6) is 0 Å². The van der Waals surface area contributed by atoms with Crippen LogP contribution in [0.1, 0.15) is 31.4 Å². The molecule has 0 spiro atoms. The Morgan fingerprint density at radius 3 is 2.94 bits per heavy atom. The van der Waals surface area contributed by atoms with Crippen LogP contribution in [0.3, 0.4) is 0 Å². The van der Waals surface area contributed by atoms with Gasteiger partial charge in [0.25, 0.3) is 0 Å². The number of aromatic nitrogens is 1. The second-order valence-electron chi connectivity index (χ2n) is 4.92. The van der Waals surface area contributed by atoms with Gasteiger partial charge in [0.15, 0.2) is 5.84 Å². The molecule has 2 rings (SSSR count). The lowest BCUT2D eigenvalue weighted by Gasteiger charge is -2.23. The number of rotatable bonds is 4. The lowest BCUT2D eigenvalue weighted by Crippen LogP contribution is -2.24. The predicted octanol–water partition coefficient (Wildman–Crippen LogP) is 1.80. The van der Waals surface area contributed by atoms with Gasteiger partial charge in [-0.2, -0.15) is 0 Å². The van der Waals surface area contributed by atoms with Crippen LogP contribution in [-0.2, 0) is 0 Å². The minimum Gasteiger partial charge on any atom is -0.409 e. The van der Waals surface area contributed by atoms with Crippen molar-refractivity contribution in [1.82, 2.24) is 4.98 Å². The molecule has 0 radical (unpaired) electrons. The monoisotopic (exact) mass is 248 g/mol. The van der Waals surface area contributed by atoms with Crippen LogP contribution >= 0.6 is 0 Å². The minimum absolute atomic E-state index is 0.0473. The van der Waals surface area contributed by atoms with Crippen molar-refractivity contribution in [1.29, 1.82) is 0 Å². The van der Waals surface area contributed by atoms with E-state index in [1.165, 1.54) is 25.7 Å². The van der Waals surface area contributed by atoms with Gasteiger partial charge in [-0.25, -0.2) is 0 Å². The molecule has 0 aliphatic heterocycles. The Morgan fingerprint density at radius 1 is 1.56 bits per heavy atom. The Morgan fingerprint density at radius 2 is 2.28 bits per heavy atom. The van der Waals surface area contributed by atoms with Crippen molar-refractivity contribution < 1.29 is 5.21 Å². The highest BCUT2D eigenvalue weighted by Crippen LogP contribution is 2.26. The Hall–Kier alpha value is -1.78. The number of nitrogens with two attached hydrogens (primary N) is 1. The minimum atomic E-state index is 0.0473. The van der Waals surface area contributed by atoms with Gasteiger partial charge in [-0.05, 0) is 30.9 Å². The summed E-state index contributed by atoms with van der Waals surface area (Å²) in [6.45, 7) is 1.06. The van der Waals surface area contributed by atoms with Crippen LogP contribution in [0, 0.1) is 5.92 Å². The average molecular weight is 248 g/mol. The van der Waals surface area contributed by atoms with Gasteiger partial charge in [0.1, 0.15) is 5.69 Å². The van der Waals surface area contributed by atoms with Crippen LogP contribution in [0.15, 0.2) is 23.5 Å². The standard InChI is InChI=1S/C13H20N4O/c1-17(9-10-4-2-3-5-10)11-6-7-15-12(8-11)13(14)16-18/h6-8,10,18H,2-5,9H2,1H3,(H2,14,16). The second-order valence-corrected chi connectivity index (χ2v) is 4.92. The molecule has 0 saturated heterocycles. The van der Waals surface area contributed by atoms with Gasteiger partial charge >= 0.3 is 0 Å². The van der Waals surface area contributed by atoms with Crippen LogP contribution in [0.2, 0.25) is 0 Å². The van der Waals surface area contributed by atoms with Crippen molar-refractivity contribution >= 4 is 11.5 Å². The molecule has 18 heavy (non-hydrogen) atoms. The van der Waals surface area contributed by atoms with Gasteiger partial charge in [-0.3, -0.25) is 4.98 Å². The lowest BCUT2D eigenvalue weighted by molar-refractivity contribution is 0.318. The first kappa shape index (κ1) is 12.7. The van der Waals surface area contributed by atoms with E-state index in [4.69, 9.17) is 10.9 Å². The summed E-state index contributed by atoms with van der Waals surface area (Å²) in [4.78, 5) is 6.30. The normalized spacial score (nSPS) is 17.1. The maximum Gasteiger partial charge on any atom is 0.188 e. The van der Waals surface area contributed by atoms with E-state index in [0.717, 1.165) is 18.2 Å². The zero-order valence-corrected chi connectivity index (χ0v) is 10.7. The molecule has 1 aromatic rings. The Balaban J connectivity index is 2.07. The number of anilines is 1. The summed E-state index contributed by atoms with van der Waals surface area (Å²) in [5, 5.41) is 11.6. The maximum absolute atomic E-state index is 8.66. The van der Waals surface area contributed by atoms with E-state index in [2.05, 4.69) is 22.1 Å². The largest absolute Gasteiger partial charge is 0.409 e. The van der Waals surface area contributed by atoms with Gasteiger partial charge in [-0.15, -0.1) is 0 Å². The third-order valence-electron chi connectivity index (χ3n) is 3.56. The highest BCUT2D eigenvalue weighted by Gasteiger charge is 2.17. The van der Waals surface area contributed by atoms with Crippen molar-refractivity contribution in [2.75, 3.05) is 18.5 Å². The molecule has 0 atom stereocenters. The van der Waals surface area contributed by atoms with E-state index in [0.29, 0.717) is 5.69 Å². The van der Waals surface area contributed by atoms with Gasteiger partial charge in [0.2, 0.25) is 0 Å². The topological polar surface area (TPSA) is 74.7 Å². The first-order valence-electron chi connectivity index (χ1n) is 6.36. The molecule has 1 heterocycles. The van der Waals surface area contributed by atoms with Crippen molar-refractivity contribution in [3.05, 3.63) is 24.0 Å². The Labute approximate surface area is 107 Å². The van der Waals surface area contributed by atoms with E-state index in [1.54, 1.807) is 6.20 Å². The third-order valence-corrected chi connectivity index (χ3v) is 3.56. The molecule has 1 saturated carbocycles. The molecule has 0 bridgehead atoms. The number of hydrogen-bond acceptors (Lipinski definition) is 4. The molecule has 1 fully saturated rings. The van der Waals surface area contributed by atoms with Crippen LogP contribution in [0.25, 0.3) is 0 Å². The number of oxime groups is 1. The zero-order chi connectivity index (χ0) is 13.0. The molecule has 1 aromatic heterocycles. The maximum atomic E-state index is 8.66. The van der Waals surface area contributed by atoms with Crippen molar-refractivity contribution in [2.24, 2.45) is 16.8 Å². The molecular formula is C13H20N4O. The number of pyridine rings is 1. The van der Waals surface area contributed by atoms with E-state index in [1.807, 2.05) is 12.1 Å². The first-order valence-corrected chi connectivity index (χ1v) is 6.36. The molecule has 0 amide bonds. The molecular weight excluding hydrogens is 228 g/mol. The third kappa shape index (κ3) is 2.91. The molecule has 1 aliphatic carbocycles. The van der Waals surface area contributed by atoms with Gasteiger partial charge in [-0.1, -0.05) is 18.0 Å². The SMILES string of the molecule is CN(CC1CCCC1)c1ccnc(C(N)=NO)c1. The van der Waals surface area contributed by atoms with E-state index in [9.17, 15) is 0 Å². The Kier molecular flexibility index (Phi) is 4.02. The first-order chi connectivity index (χ1) is 8.70. The lowest BCUT2D eigenvalue weighted by atomic mass is 10.1. The van der Waals surface area contributed by atoms with Crippen molar-refractivity contribution in [3.63, 3.8) is 0 Å². The van der Waals surface area contributed by atoms with Gasteiger partial charge in [0, 0.05) is 25.5 Å². The molecule has 0 aromatic carbocycles. The molecule has 5 nitrogen and oxygen atoms in total.